The van der Waals surface area contributed by atoms with Gasteiger partial charge in [-0.3, -0.25) is 0 Å². The van der Waals surface area contributed by atoms with Crippen molar-refractivity contribution >= 4 is 47.0 Å². The quantitative estimate of drug-likeness (QED) is 0.134. The van der Waals surface area contributed by atoms with Crippen molar-refractivity contribution in [2.24, 2.45) is 0 Å². The number of thioether (sulfide) groups is 1. The van der Waals surface area contributed by atoms with Crippen LogP contribution in [0.25, 0.3) is 0 Å². The summed E-state index contributed by atoms with van der Waals surface area (Å²) in [5, 5.41) is 10.00. The zero-order valence-electron chi connectivity index (χ0n) is 22.3. The summed E-state index contributed by atoms with van der Waals surface area (Å²) in [5.74, 6) is 0.794. The predicted molar refractivity (Wildman–Crippen MR) is 159 cm³/mol. The lowest BCUT2D eigenvalue weighted by Crippen LogP contribution is -2.37. The summed E-state index contributed by atoms with van der Waals surface area (Å²) in [6, 6.07) is 22.1. The molecule has 0 aromatic heterocycles. The fourth-order valence-electron chi connectivity index (χ4n) is 3.75. The maximum absolute atomic E-state index is 13.0. The molecule has 3 rings (SSSR count). The number of carboxylic acid groups (broad SMARTS) is 1. The van der Waals surface area contributed by atoms with Crippen LogP contribution in [-0.4, -0.2) is 60.2 Å². The largest absolute Gasteiger partial charge is 0.492 e. The topological polar surface area (TPSA) is 85.3 Å². The zero-order chi connectivity index (χ0) is 28.7. The van der Waals surface area contributed by atoms with E-state index in [4.69, 9.17) is 37.4 Å². The van der Waals surface area contributed by atoms with Crippen molar-refractivity contribution in [1.29, 1.82) is 0 Å². The van der Waals surface area contributed by atoms with E-state index in [1.165, 1.54) is 11.0 Å². The number of rotatable bonds is 16. The molecule has 1 amide bonds. The number of hydrogen-bond acceptors (Lipinski definition) is 6. The maximum atomic E-state index is 13.0. The molecule has 0 heterocycles. The third kappa shape index (κ3) is 10.9. The average Bonchev–Trinajstić information content (AvgIpc) is 2.94. The number of hydrogen-bond donors (Lipinski definition) is 1. The zero-order valence-corrected chi connectivity index (χ0v) is 24.6. The smallest absolute Gasteiger partial charge is 0.415 e. The highest BCUT2D eigenvalue weighted by Gasteiger charge is 2.19. The molecule has 3 aromatic carbocycles. The fourth-order valence-corrected chi connectivity index (χ4v) is 5.13. The standard InChI is InChI=1S/C30H33Cl2NO6S/c1-2-37-28(29(34)35)20-22-10-13-24(14-11-22)38-18-17-33(16-6-7-19-40-25-8-4-3-5-9-25)30(36)39-27-15-12-23(31)21-26(27)32/h3-5,8-15,21,28H,2,6-7,16-20H2,1H3,(H,34,35). The molecule has 10 heteroatoms. The monoisotopic (exact) mass is 605 g/mol. The molecule has 1 atom stereocenters. The van der Waals surface area contributed by atoms with Gasteiger partial charge in [0.05, 0.1) is 11.6 Å². The van der Waals surface area contributed by atoms with Gasteiger partial charge >= 0.3 is 12.1 Å². The second-order valence-corrected chi connectivity index (χ2v) is 10.8. The van der Waals surface area contributed by atoms with E-state index >= 15 is 0 Å². The van der Waals surface area contributed by atoms with E-state index in [1.807, 2.05) is 30.3 Å². The number of halogens is 2. The minimum absolute atomic E-state index is 0.240. The summed E-state index contributed by atoms with van der Waals surface area (Å²) in [6.07, 6.45) is 0.569. The summed E-state index contributed by atoms with van der Waals surface area (Å²) >= 11 is 13.9. The lowest BCUT2D eigenvalue weighted by atomic mass is 10.1. The van der Waals surface area contributed by atoms with E-state index in [-0.39, 0.29) is 23.8 Å². The molecule has 0 aliphatic carbocycles. The number of ether oxygens (including phenoxy) is 3. The third-order valence-electron chi connectivity index (χ3n) is 5.80. The predicted octanol–water partition coefficient (Wildman–Crippen LogP) is 7.48. The summed E-state index contributed by atoms with van der Waals surface area (Å²) in [6.45, 7) is 3.14. The molecule has 0 radical (unpaired) electrons. The van der Waals surface area contributed by atoms with Gasteiger partial charge < -0.3 is 24.2 Å². The number of unbranched alkanes of at least 4 members (excludes halogenated alkanes) is 1. The minimum atomic E-state index is -0.993. The lowest BCUT2D eigenvalue weighted by molar-refractivity contribution is -0.149. The molecule has 7 nitrogen and oxygen atoms in total. The second-order valence-electron chi connectivity index (χ2n) is 8.78. The number of aliphatic carboxylic acids is 1. The first-order chi connectivity index (χ1) is 19.4. The summed E-state index contributed by atoms with van der Waals surface area (Å²) < 4.78 is 16.7. The van der Waals surface area contributed by atoms with Gasteiger partial charge in [0.2, 0.25) is 0 Å². The lowest BCUT2D eigenvalue weighted by Gasteiger charge is -2.22. The van der Waals surface area contributed by atoms with Crippen molar-refractivity contribution in [2.45, 2.75) is 37.2 Å². The first-order valence-electron chi connectivity index (χ1n) is 13.0. The number of carbonyl (C=O) groups is 2. The Labute approximate surface area is 249 Å². The number of amides is 1. The highest BCUT2D eigenvalue weighted by atomic mass is 35.5. The Bertz CT molecular complexity index is 1210. The normalized spacial score (nSPS) is 11.6. The van der Waals surface area contributed by atoms with Gasteiger partial charge in [0.15, 0.2) is 11.9 Å². The molecule has 3 aromatic rings. The highest BCUT2D eigenvalue weighted by Crippen LogP contribution is 2.28. The molecular formula is C30H33Cl2NO6S. The molecule has 1 unspecified atom stereocenters. The van der Waals surface area contributed by atoms with Gasteiger partial charge in [-0.2, -0.15) is 0 Å². The van der Waals surface area contributed by atoms with Crippen LogP contribution in [0.3, 0.4) is 0 Å². The van der Waals surface area contributed by atoms with Crippen LogP contribution in [0.4, 0.5) is 4.79 Å². The van der Waals surface area contributed by atoms with Crippen molar-refractivity contribution in [3.05, 3.63) is 88.4 Å². The van der Waals surface area contributed by atoms with Gasteiger partial charge in [0.1, 0.15) is 12.4 Å². The molecule has 40 heavy (non-hydrogen) atoms. The van der Waals surface area contributed by atoms with Crippen molar-refractivity contribution < 1.29 is 28.9 Å². The van der Waals surface area contributed by atoms with Crippen LogP contribution >= 0.6 is 35.0 Å². The highest BCUT2D eigenvalue weighted by molar-refractivity contribution is 7.99. The Morgan fingerprint density at radius 1 is 0.975 bits per heavy atom. The molecule has 1 N–H and O–H groups in total. The number of nitrogens with zero attached hydrogens (tertiary/aromatic N) is 1. The third-order valence-corrected chi connectivity index (χ3v) is 7.43. The van der Waals surface area contributed by atoms with Gasteiger partial charge in [-0.25, -0.2) is 9.59 Å². The van der Waals surface area contributed by atoms with Crippen LogP contribution in [0.15, 0.2) is 77.7 Å². The Morgan fingerprint density at radius 2 is 1.73 bits per heavy atom. The van der Waals surface area contributed by atoms with E-state index < -0.39 is 18.2 Å². The summed E-state index contributed by atoms with van der Waals surface area (Å²) in [5.41, 5.74) is 0.826. The van der Waals surface area contributed by atoms with E-state index in [9.17, 15) is 14.7 Å². The Morgan fingerprint density at radius 3 is 2.40 bits per heavy atom. The molecule has 0 spiro atoms. The van der Waals surface area contributed by atoms with Crippen LogP contribution in [0.5, 0.6) is 11.5 Å². The van der Waals surface area contributed by atoms with Crippen molar-refractivity contribution in [2.75, 3.05) is 32.1 Å². The van der Waals surface area contributed by atoms with Gasteiger partial charge in [-0.15, -0.1) is 11.8 Å². The van der Waals surface area contributed by atoms with E-state index in [1.54, 1.807) is 47.9 Å². The molecule has 0 saturated carbocycles. The summed E-state index contributed by atoms with van der Waals surface area (Å²) in [7, 11) is 0. The first kappa shape index (κ1) is 31.6. The molecule has 0 bridgehead atoms. The van der Waals surface area contributed by atoms with Gasteiger partial charge in [-0.1, -0.05) is 53.5 Å². The Kier molecular flexibility index (Phi) is 13.5. The van der Waals surface area contributed by atoms with E-state index in [2.05, 4.69) is 12.1 Å². The second kappa shape index (κ2) is 17.0. The Hall–Kier alpha value is -2.91. The molecule has 0 aliphatic rings. The number of carboxylic acids is 1. The molecule has 0 fully saturated rings. The SMILES string of the molecule is CCOC(Cc1ccc(OCCN(CCCCSc2ccccc2)C(=O)Oc2ccc(Cl)cc2Cl)cc1)C(=O)O. The van der Waals surface area contributed by atoms with Crippen LogP contribution in [0.2, 0.25) is 10.0 Å². The van der Waals surface area contributed by atoms with Gasteiger partial charge in [-0.05, 0) is 73.5 Å². The van der Waals surface area contributed by atoms with Crippen LogP contribution in [0.1, 0.15) is 25.3 Å². The van der Waals surface area contributed by atoms with E-state index in [0.717, 1.165) is 24.2 Å². The Balaban J connectivity index is 1.53. The molecule has 0 aliphatic heterocycles. The van der Waals surface area contributed by atoms with Crippen LogP contribution in [-0.2, 0) is 16.0 Å². The van der Waals surface area contributed by atoms with Gasteiger partial charge in [0, 0.05) is 29.5 Å². The van der Waals surface area contributed by atoms with Gasteiger partial charge in [0.25, 0.3) is 0 Å². The minimum Gasteiger partial charge on any atom is -0.492 e. The number of carbonyl (C=O) groups excluding carboxylic acids is 1. The number of benzene rings is 3. The van der Waals surface area contributed by atoms with E-state index in [0.29, 0.717) is 30.5 Å². The van der Waals surface area contributed by atoms with Crippen LogP contribution < -0.4 is 9.47 Å². The van der Waals surface area contributed by atoms with Crippen molar-refractivity contribution in [3.8, 4) is 11.5 Å². The average molecular weight is 607 g/mol. The summed E-state index contributed by atoms with van der Waals surface area (Å²) in [4.78, 5) is 27.2. The first-order valence-corrected chi connectivity index (χ1v) is 14.8. The van der Waals surface area contributed by atoms with Crippen molar-refractivity contribution in [3.63, 3.8) is 0 Å². The fraction of sp³-hybridized carbons (Fsp3) is 0.333. The maximum Gasteiger partial charge on any atom is 0.415 e. The molecule has 214 valence electrons. The van der Waals surface area contributed by atoms with Crippen molar-refractivity contribution in [1.82, 2.24) is 4.90 Å². The molecular weight excluding hydrogens is 573 g/mol. The molecule has 0 saturated heterocycles. The van der Waals surface area contributed by atoms with Crippen LogP contribution in [0, 0.1) is 0 Å².